The Morgan fingerprint density at radius 2 is 1.89 bits per heavy atom. The van der Waals surface area contributed by atoms with Crippen LogP contribution in [-0.2, 0) is 5.11 Å². The summed E-state index contributed by atoms with van der Waals surface area (Å²) in [4.78, 5) is 0. The van der Waals surface area contributed by atoms with Gasteiger partial charge in [0.05, 0.1) is 20.1 Å². The van der Waals surface area contributed by atoms with Crippen LogP contribution in [0, 0.1) is 5.21 Å². The average molecular weight is 130 g/mol. The molecular formula is C6H12NO2. The van der Waals surface area contributed by atoms with E-state index in [2.05, 4.69) is 0 Å². The van der Waals surface area contributed by atoms with Gasteiger partial charge in [-0.05, 0) is 0 Å². The molecule has 1 saturated heterocycles. The molecule has 1 rings (SSSR count). The fraction of sp³-hybridized carbons (Fsp3) is 1.00. The number of hydrogen-bond acceptors (Lipinski definition) is 1. The van der Waals surface area contributed by atoms with Gasteiger partial charge >= 0.3 is 0 Å². The fourth-order valence-corrected chi connectivity index (χ4v) is 1.09. The van der Waals surface area contributed by atoms with Crippen LogP contribution in [0.1, 0.15) is 12.8 Å². The van der Waals surface area contributed by atoms with Crippen LogP contribution in [-0.4, -0.2) is 30.9 Å². The topological polar surface area (TPSA) is 43.0 Å². The Hall–Kier alpha value is -0.120. The summed E-state index contributed by atoms with van der Waals surface area (Å²) in [5, 5.41) is 21.8. The molecule has 0 N–H and O–H groups in total. The molecule has 0 saturated carbocycles. The zero-order valence-corrected chi connectivity index (χ0v) is 5.67. The minimum Gasteiger partial charge on any atom is -0.633 e. The third-order valence-electron chi connectivity index (χ3n) is 1.85. The molecule has 53 valence electrons. The second-order valence-corrected chi connectivity index (χ2v) is 2.94. The van der Waals surface area contributed by atoms with Crippen molar-refractivity contribution in [1.29, 1.82) is 0 Å². The SMILES string of the molecule is C[N+]1([O-])CCC([O])CC1. The van der Waals surface area contributed by atoms with Crippen LogP contribution in [0.4, 0.5) is 0 Å². The van der Waals surface area contributed by atoms with E-state index < -0.39 is 6.10 Å². The van der Waals surface area contributed by atoms with Crippen LogP contribution >= 0.6 is 0 Å². The minimum atomic E-state index is -0.467. The Kier molecular flexibility index (Phi) is 1.75. The Morgan fingerprint density at radius 3 is 2.22 bits per heavy atom. The van der Waals surface area contributed by atoms with Crippen molar-refractivity contribution in [3.8, 4) is 0 Å². The first-order chi connectivity index (χ1) is 4.10. The third-order valence-corrected chi connectivity index (χ3v) is 1.85. The van der Waals surface area contributed by atoms with E-state index in [0.717, 1.165) is 0 Å². The minimum absolute atomic E-state index is 0.210. The molecular weight excluding hydrogens is 118 g/mol. The number of hydrogen-bond donors (Lipinski definition) is 0. The van der Waals surface area contributed by atoms with Gasteiger partial charge in [0.15, 0.2) is 0 Å². The van der Waals surface area contributed by atoms with Crippen molar-refractivity contribution < 1.29 is 9.75 Å². The molecule has 0 bridgehead atoms. The lowest BCUT2D eigenvalue weighted by Crippen LogP contribution is -2.45. The molecule has 9 heavy (non-hydrogen) atoms. The van der Waals surface area contributed by atoms with Gasteiger partial charge in [0.2, 0.25) is 0 Å². The van der Waals surface area contributed by atoms with Gasteiger partial charge in [-0.25, -0.2) is 5.11 Å². The summed E-state index contributed by atoms with van der Waals surface area (Å²) in [7, 11) is 1.63. The predicted molar refractivity (Wildman–Crippen MR) is 33.0 cm³/mol. The number of nitrogens with zero attached hydrogens (tertiary/aromatic N) is 1. The van der Waals surface area contributed by atoms with E-state index in [1.165, 1.54) is 0 Å². The quantitative estimate of drug-likeness (QED) is 0.348. The molecule has 0 atom stereocenters. The monoisotopic (exact) mass is 130 g/mol. The van der Waals surface area contributed by atoms with Crippen molar-refractivity contribution in [2.24, 2.45) is 0 Å². The normalized spacial score (nSPS) is 45.0. The molecule has 0 unspecified atom stereocenters. The number of quaternary nitrogens is 1. The van der Waals surface area contributed by atoms with Gasteiger partial charge < -0.3 is 9.85 Å². The lowest BCUT2D eigenvalue weighted by Gasteiger charge is -2.42. The first-order valence-electron chi connectivity index (χ1n) is 3.31. The number of rotatable bonds is 0. The summed E-state index contributed by atoms with van der Waals surface area (Å²) in [5.41, 5.74) is 0. The van der Waals surface area contributed by atoms with Gasteiger partial charge in [-0.15, -0.1) is 0 Å². The molecule has 0 aromatic rings. The second kappa shape index (κ2) is 2.25. The summed E-state index contributed by atoms with van der Waals surface area (Å²) in [6, 6.07) is 0. The van der Waals surface area contributed by atoms with E-state index in [1.807, 2.05) is 0 Å². The maximum absolute atomic E-state index is 11.1. The molecule has 1 fully saturated rings. The molecule has 3 heteroatoms. The van der Waals surface area contributed by atoms with E-state index in [-0.39, 0.29) is 4.65 Å². The number of piperidine rings is 1. The van der Waals surface area contributed by atoms with Crippen LogP contribution in [0.2, 0.25) is 0 Å². The first kappa shape index (κ1) is 6.99. The van der Waals surface area contributed by atoms with Crippen molar-refractivity contribution in [3.05, 3.63) is 5.21 Å². The first-order valence-corrected chi connectivity index (χ1v) is 3.31. The summed E-state index contributed by atoms with van der Waals surface area (Å²) in [6.45, 7) is 1.02. The van der Waals surface area contributed by atoms with Gasteiger partial charge in [-0.3, -0.25) is 0 Å². The molecule has 1 aliphatic rings. The van der Waals surface area contributed by atoms with E-state index in [0.29, 0.717) is 25.9 Å². The van der Waals surface area contributed by atoms with Crippen molar-refractivity contribution in [2.75, 3.05) is 20.1 Å². The Bertz CT molecular complexity index is 93.2. The zero-order valence-electron chi connectivity index (χ0n) is 5.67. The Balaban J connectivity index is 2.35. The maximum atomic E-state index is 11.1. The fourth-order valence-electron chi connectivity index (χ4n) is 1.09. The van der Waals surface area contributed by atoms with Gasteiger partial charge in [0.1, 0.15) is 6.10 Å². The summed E-state index contributed by atoms with van der Waals surface area (Å²) in [6.07, 6.45) is 0.644. The molecule has 0 aliphatic carbocycles. The van der Waals surface area contributed by atoms with E-state index in [4.69, 9.17) is 0 Å². The second-order valence-electron chi connectivity index (χ2n) is 2.94. The lowest BCUT2D eigenvalue weighted by molar-refractivity contribution is -0.867. The molecule has 3 nitrogen and oxygen atoms in total. The molecule has 0 aromatic carbocycles. The molecule has 1 radical (unpaired) electrons. The number of likely N-dealkylation sites (tertiary alicyclic amines) is 1. The molecule has 0 amide bonds. The average Bonchev–Trinajstić information content (AvgIpc) is 1.78. The van der Waals surface area contributed by atoms with Crippen molar-refractivity contribution in [3.63, 3.8) is 0 Å². The largest absolute Gasteiger partial charge is 0.633 e. The summed E-state index contributed by atoms with van der Waals surface area (Å²) < 4.78 is -0.210. The van der Waals surface area contributed by atoms with E-state index >= 15 is 0 Å². The van der Waals surface area contributed by atoms with Gasteiger partial charge in [-0.2, -0.15) is 0 Å². The highest BCUT2D eigenvalue weighted by Gasteiger charge is 2.22. The van der Waals surface area contributed by atoms with Gasteiger partial charge in [0.25, 0.3) is 0 Å². The lowest BCUT2D eigenvalue weighted by atomic mass is 10.1. The van der Waals surface area contributed by atoms with Crippen LogP contribution in [0.3, 0.4) is 0 Å². The molecule has 0 aromatic heterocycles. The predicted octanol–water partition coefficient (Wildman–Crippen LogP) is 0.524. The van der Waals surface area contributed by atoms with E-state index in [9.17, 15) is 10.3 Å². The maximum Gasteiger partial charge on any atom is 0.104 e. The van der Waals surface area contributed by atoms with Crippen molar-refractivity contribution in [1.82, 2.24) is 0 Å². The highest BCUT2D eigenvalue weighted by molar-refractivity contribution is 4.60. The van der Waals surface area contributed by atoms with Crippen molar-refractivity contribution >= 4 is 0 Å². The number of hydroxylamine groups is 3. The van der Waals surface area contributed by atoms with Crippen LogP contribution in [0.15, 0.2) is 0 Å². The highest BCUT2D eigenvalue weighted by Crippen LogP contribution is 2.14. The standard InChI is InChI=1S/C6H12NO2/c1-7(9)4-2-6(8)3-5-7/h6H,2-5H2,1H3. The van der Waals surface area contributed by atoms with Gasteiger partial charge in [0, 0.05) is 12.8 Å². The summed E-state index contributed by atoms with van der Waals surface area (Å²) >= 11 is 0. The summed E-state index contributed by atoms with van der Waals surface area (Å²) in [5.74, 6) is 0. The molecule has 0 spiro atoms. The van der Waals surface area contributed by atoms with Crippen molar-refractivity contribution in [2.45, 2.75) is 18.9 Å². The Morgan fingerprint density at radius 1 is 1.44 bits per heavy atom. The smallest absolute Gasteiger partial charge is 0.104 e. The zero-order chi connectivity index (χ0) is 6.91. The van der Waals surface area contributed by atoms with E-state index in [1.54, 1.807) is 7.05 Å². The van der Waals surface area contributed by atoms with Gasteiger partial charge in [-0.1, -0.05) is 0 Å². The van der Waals surface area contributed by atoms with Crippen LogP contribution in [0.25, 0.3) is 0 Å². The Labute approximate surface area is 55.1 Å². The molecule has 1 aliphatic heterocycles. The third kappa shape index (κ3) is 1.93. The molecule has 1 heterocycles. The van der Waals surface area contributed by atoms with Crippen LogP contribution < -0.4 is 0 Å². The highest BCUT2D eigenvalue weighted by atomic mass is 16.5. The van der Waals surface area contributed by atoms with Crippen LogP contribution in [0.5, 0.6) is 0 Å².